The molecule has 3 rings (SSSR count). The van der Waals surface area contributed by atoms with E-state index in [1.165, 1.54) is 4.90 Å². The Morgan fingerprint density at radius 1 is 1.12 bits per heavy atom. The van der Waals surface area contributed by atoms with E-state index in [0.29, 0.717) is 6.42 Å². The lowest BCUT2D eigenvalue weighted by Gasteiger charge is -2.19. The van der Waals surface area contributed by atoms with Crippen LogP contribution in [-0.4, -0.2) is 21.2 Å². The molecule has 1 atom stereocenters. The predicted octanol–water partition coefficient (Wildman–Crippen LogP) is 3.81. The Morgan fingerprint density at radius 3 is 2.44 bits per heavy atom. The van der Waals surface area contributed by atoms with Gasteiger partial charge in [0.2, 0.25) is 5.91 Å². The number of hydrogen-bond donors (Lipinski definition) is 1. The van der Waals surface area contributed by atoms with Crippen LogP contribution in [0.2, 0.25) is 0 Å². The van der Waals surface area contributed by atoms with E-state index in [0.717, 1.165) is 17.1 Å². The number of thioether (sulfide) groups is 1. The molecule has 128 valence electrons. The Bertz CT molecular complexity index is 802. The first-order chi connectivity index (χ1) is 12.2. The zero-order chi connectivity index (χ0) is 17.5. The first-order valence-corrected chi connectivity index (χ1v) is 9.22. The van der Waals surface area contributed by atoms with Crippen molar-refractivity contribution in [1.29, 1.82) is 0 Å². The molecule has 5 heteroatoms. The van der Waals surface area contributed by atoms with E-state index >= 15 is 0 Å². The highest BCUT2D eigenvalue weighted by Gasteiger charge is 2.20. The number of imidazole rings is 1. The van der Waals surface area contributed by atoms with Gasteiger partial charge in [-0.05, 0) is 17.7 Å². The summed E-state index contributed by atoms with van der Waals surface area (Å²) in [5.41, 5.74) is 1.03. The normalized spacial score (nSPS) is 11.9. The fourth-order valence-electron chi connectivity index (χ4n) is 2.61. The molecule has 0 aliphatic heterocycles. The van der Waals surface area contributed by atoms with Crippen molar-refractivity contribution in [1.82, 2.24) is 14.9 Å². The summed E-state index contributed by atoms with van der Waals surface area (Å²) in [6.07, 6.45) is 4.11. The number of nitrogens with zero attached hydrogens (tertiary/aromatic N) is 2. The Morgan fingerprint density at radius 2 is 1.80 bits per heavy atom. The standard InChI is InChI=1S/C20H21N3OS/c1-23-14-13-21-20(23)19(16-8-4-2-5-9-16)22-18(24)12-15-25-17-10-6-3-7-11-17/h2-11,13-14,19H,12,15H2,1H3,(H,22,24). The second-order valence-electron chi connectivity index (χ2n) is 5.72. The molecule has 0 saturated heterocycles. The SMILES string of the molecule is Cn1ccnc1C(NC(=O)CCSc1ccccc1)c1ccccc1. The molecule has 1 N–H and O–H groups in total. The van der Waals surface area contributed by atoms with Crippen LogP contribution >= 0.6 is 11.8 Å². The van der Waals surface area contributed by atoms with Gasteiger partial charge in [0, 0.05) is 36.5 Å². The highest BCUT2D eigenvalue weighted by atomic mass is 32.2. The summed E-state index contributed by atoms with van der Waals surface area (Å²) in [5, 5.41) is 3.13. The third-order valence-electron chi connectivity index (χ3n) is 3.90. The van der Waals surface area contributed by atoms with Gasteiger partial charge < -0.3 is 9.88 Å². The average Bonchev–Trinajstić information content (AvgIpc) is 3.07. The van der Waals surface area contributed by atoms with Crippen LogP contribution in [0.25, 0.3) is 0 Å². The fourth-order valence-corrected chi connectivity index (χ4v) is 3.48. The lowest BCUT2D eigenvalue weighted by Crippen LogP contribution is -2.31. The van der Waals surface area contributed by atoms with Crippen LogP contribution in [0.5, 0.6) is 0 Å². The lowest BCUT2D eigenvalue weighted by atomic mass is 10.1. The van der Waals surface area contributed by atoms with Crippen LogP contribution in [0.15, 0.2) is 78.0 Å². The average molecular weight is 351 g/mol. The Kier molecular flexibility index (Phi) is 5.90. The molecule has 2 aromatic carbocycles. The second kappa shape index (κ2) is 8.53. The highest BCUT2D eigenvalue weighted by Crippen LogP contribution is 2.21. The maximum absolute atomic E-state index is 12.5. The molecule has 0 fully saturated rings. The first kappa shape index (κ1) is 17.3. The number of amides is 1. The number of carbonyl (C=O) groups is 1. The molecule has 1 unspecified atom stereocenters. The third-order valence-corrected chi connectivity index (χ3v) is 4.91. The molecule has 25 heavy (non-hydrogen) atoms. The number of nitrogens with one attached hydrogen (secondary N) is 1. The van der Waals surface area contributed by atoms with Crippen molar-refractivity contribution in [2.45, 2.75) is 17.4 Å². The maximum Gasteiger partial charge on any atom is 0.221 e. The number of hydrogen-bond acceptors (Lipinski definition) is 3. The molecule has 1 amide bonds. The van der Waals surface area contributed by atoms with Crippen LogP contribution in [0, 0.1) is 0 Å². The number of benzene rings is 2. The van der Waals surface area contributed by atoms with Gasteiger partial charge in [-0.3, -0.25) is 4.79 Å². The summed E-state index contributed by atoms with van der Waals surface area (Å²) in [7, 11) is 1.94. The first-order valence-electron chi connectivity index (χ1n) is 8.23. The van der Waals surface area contributed by atoms with Crippen molar-refractivity contribution in [2.75, 3.05) is 5.75 Å². The smallest absolute Gasteiger partial charge is 0.221 e. The van der Waals surface area contributed by atoms with Gasteiger partial charge >= 0.3 is 0 Å². The molecule has 0 radical (unpaired) electrons. The topological polar surface area (TPSA) is 46.9 Å². The van der Waals surface area contributed by atoms with Crippen molar-refractivity contribution >= 4 is 17.7 Å². The highest BCUT2D eigenvalue weighted by molar-refractivity contribution is 7.99. The minimum atomic E-state index is -0.240. The van der Waals surface area contributed by atoms with E-state index in [4.69, 9.17) is 0 Å². The van der Waals surface area contributed by atoms with Gasteiger partial charge in [-0.2, -0.15) is 0 Å². The molecule has 4 nitrogen and oxygen atoms in total. The van der Waals surface area contributed by atoms with Crippen LogP contribution in [-0.2, 0) is 11.8 Å². The predicted molar refractivity (Wildman–Crippen MR) is 101 cm³/mol. The molecule has 1 heterocycles. The summed E-state index contributed by atoms with van der Waals surface area (Å²) in [6.45, 7) is 0. The molecule has 0 saturated carbocycles. The van der Waals surface area contributed by atoms with Gasteiger partial charge in [0.1, 0.15) is 11.9 Å². The molecule has 0 spiro atoms. The molecule has 1 aromatic heterocycles. The zero-order valence-electron chi connectivity index (χ0n) is 14.1. The van der Waals surface area contributed by atoms with E-state index in [1.54, 1.807) is 18.0 Å². The van der Waals surface area contributed by atoms with Crippen LogP contribution in [0.4, 0.5) is 0 Å². The summed E-state index contributed by atoms with van der Waals surface area (Å²) < 4.78 is 1.94. The minimum absolute atomic E-state index is 0.0280. The number of rotatable bonds is 7. The van der Waals surface area contributed by atoms with E-state index in [-0.39, 0.29) is 11.9 Å². The van der Waals surface area contributed by atoms with E-state index in [9.17, 15) is 4.79 Å². The lowest BCUT2D eigenvalue weighted by molar-refractivity contribution is -0.121. The van der Waals surface area contributed by atoms with Gasteiger partial charge in [0.25, 0.3) is 0 Å². The fraction of sp³-hybridized carbons (Fsp3) is 0.200. The van der Waals surface area contributed by atoms with Gasteiger partial charge in [-0.15, -0.1) is 11.8 Å². The number of aryl methyl sites for hydroxylation is 1. The molecule has 0 bridgehead atoms. The van der Waals surface area contributed by atoms with Crippen molar-refractivity contribution in [2.24, 2.45) is 7.05 Å². The van der Waals surface area contributed by atoms with Gasteiger partial charge in [0.05, 0.1) is 0 Å². The second-order valence-corrected chi connectivity index (χ2v) is 6.89. The Balaban J connectivity index is 1.64. The van der Waals surface area contributed by atoms with Crippen LogP contribution < -0.4 is 5.32 Å². The third kappa shape index (κ3) is 4.73. The summed E-state index contributed by atoms with van der Waals surface area (Å²) in [5.74, 6) is 1.60. The van der Waals surface area contributed by atoms with Gasteiger partial charge in [0.15, 0.2) is 0 Å². The summed E-state index contributed by atoms with van der Waals surface area (Å²) >= 11 is 1.69. The molecule has 0 aliphatic rings. The van der Waals surface area contributed by atoms with Crippen molar-refractivity contribution in [3.8, 4) is 0 Å². The van der Waals surface area contributed by atoms with Gasteiger partial charge in [-0.1, -0.05) is 48.5 Å². The van der Waals surface area contributed by atoms with Crippen LogP contribution in [0.3, 0.4) is 0 Å². The Hall–Kier alpha value is -2.53. The monoisotopic (exact) mass is 351 g/mol. The summed E-state index contributed by atoms with van der Waals surface area (Å²) in [4.78, 5) is 18.1. The number of aromatic nitrogens is 2. The van der Waals surface area contributed by atoms with Crippen molar-refractivity contribution < 1.29 is 4.79 Å². The van der Waals surface area contributed by atoms with Crippen molar-refractivity contribution in [3.63, 3.8) is 0 Å². The van der Waals surface area contributed by atoms with E-state index in [1.807, 2.05) is 66.3 Å². The molecular formula is C20H21N3OS. The molecule has 0 aliphatic carbocycles. The number of carbonyl (C=O) groups excluding carboxylic acids is 1. The Labute approximate surface area is 152 Å². The largest absolute Gasteiger partial charge is 0.342 e. The maximum atomic E-state index is 12.5. The van der Waals surface area contributed by atoms with Crippen LogP contribution in [0.1, 0.15) is 23.9 Å². The zero-order valence-corrected chi connectivity index (χ0v) is 14.9. The summed E-state index contributed by atoms with van der Waals surface area (Å²) in [6, 6.07) is 19.8. The molecule has 3 aromatic rings. The minimum Gasteiger partial charge on any atom is -0.342 e. The van der Waals surface area contributed by atoms with Crippen molar-refractivity contribution in [3.05, 3.63) is 84.4 Å². The van der Waals surface area contributed by atoms with Gasteiger partial charge in [-0.25, -0.2) is 4.98 Å². The van der Waals surface area contributed by atoms with E-state index in [2.05, 4.69) is 22.4 Å². The van der Waals surface area contributed by atoms with E-state index < -0.39 is 0 Å². The molecular weight excluding hydrogens is 330 g/mol. The quantitative estimate of drug-likeness (QED) is 0.659.